The number of nitrogens with zero attached hydrogens (tertiary/aromatic N) is 3. The van der Waals surface area contributed by atoms with Crippen molar-refractivity contribution >= 4 is 5.91 Å². The fraction of sp³-hybridized carbons (Fsp3) is 0.154. The molecule has 1 aromatic heterocycles. The van der Waals surface area contributed by atoms with Gasteiger partial charge >= 0.3 is 6.01 Å². The highest BCUT2D eigenvalue weighted by atomic mass is 16.5. The standard InChI is InChI=1S/C13H14N4O2/c1-2-8-14-12(18)9-19-13-15-10-17(16-13)11-6-4-3-5-7-11/h2-7,10H,1,8-9H2,(H,14,18). The quantitative estimate of drug-likeness (QED) is 0.783. The monoisotopic (exact) mass is 258 g/mol. The van der Waals surface area contributed by atoms with E-state index in [1.54, 1.807) is 10.8 Å². The third-order valence-electron chi connectivity index (χ3n) is 2.27. The zero-order valence-corrected chi connectivity index (χ0v) is 10.3. The van der Waals surface area contributed by atoms with Crippen LogP contribution in [0.3, 0.4) is 0 Å². The van der Waals surface area contributed by atoms with Gasteiger partial charge in [0, 0.05) is 6.54 Å². The summed E-state index contributed by atoms with van der Waals surface area (Å²) in [6, 6.07) is 9.69. The van der Waals surface area contributed by atoms with E-state index in [0.717, 1.165) is 5.69 Å². The molecule has 98 valence electrons. The first-order chi connectivity index (χ1) is 9.29. The largest absolute Gasteiger partial charge is 0.452 e. The van der Waals surface area contributed by atoms with Gasteiger partial charge in [-0.05, 0) is 12.1 Å². The Kier molecular flexibility index (Phi) is 4.28. The maximum atomic E-state index is 11.3. The van der Waals surface area contributed by atoms with E-state index in [9.17, 15) is 4.79 Å². The summed E-state index contributed by atoms with van der Waals surface area (Å²) in [5.74, 6) is -0.240. The number of benzene rings is 1. The SMILES string of the molecule is C=CCNC(=O)COc1ncn(-c2ccccc2)n1. The minimum atomic E-state index is -0.240. The van der Waals surface area contributed by atoms with E-state index < -0.39 is 0 Å². The van der Waals surface area contributed by atoms with Crippen LogP contribution < -0.4 is 10.1 Å². The van der Waals surface area contributed by atoms with Gasteiger partial charge in [0.25, 0.3) is 5.91 Å². The van der Waals surface area contributed by atoms with Crippen molar-refractivity contribution in [3.8, 4) is 11.7 Å². The molecule has 2 rings (SSSR count). The van der Waals surface area contributed by atoms with Crippen LogP contribution in [0.1, 0.15) is 0 Å². The Morgan fingerprint density at radius 3 is 2.95 bits per heavy atom. The molecule has 0 aliphatic rings. The molecule has 0 fully saturated rings. The molecule has 0 aliphatic carbocycles. The molecule has 6 nitrogen and oxygen atoms in total. The van der Waals surface area contributed by atoms with Crippen LogP contribution in [0.2, 0.25) is 0 Å². The summed E-state index contributed by atoms with van der Waals surface area (Å²) in [5.41, 5.74) is 0.876. The lowest BCUT2D eigenvalue weighted by atomic mass is 10.3. The van der Waals surface area contributed by atoms with Crippen molar-refractivity contribution in [2.75, 3.05) is 13.2 Å². The second kappa shape index (κ2) is 6.34. The van der Waals surface area contributed by atoms with Crippen molar-refractivity contribution in [1.82, 2.24) is 20.1 Å². The highest BCUT2D eigenvalue weighted by molar-refractivity contribution is 5.77. The Bertz CT molecular complexity index is 551. The second-order valence-corrected chi connectivity index (χ2v) is 3.69. The Labute approximate surface area is 110 Å². The highest BCUT2D eigenvalue weighted by Gasteiger charge is 2.06. The number of carbonyl (C=O) groups excluding carboxylic acids is 1. The number of amides is 1. The summed E-state index contributed by atoms with van der Waals surface area (Å²) in [6.07, 6.45) is 3.13. The molecule has 0 bridgehead atoms. The molecule has 1 amide bonds. The number of hydrogen-bond acceptors (Lipinski definition) is 4. The lowest BCUT2D eigenvalue weighted by Crippen LogP contribution is -2.29. The average Bonchev–Trinajstić information content (AvgIpc) is 2.93. The molecule has 0 aliphatic heterocycles. The summed E-state index contributed by atoms with van der Waals surface area (Å²) < 4.78 is 6.76. The van der Waals surface area contributed by atoms with Crippen molar-refractivity contribution < 1.29 is 9.53 Å². The Morgan fingerprint density at radius 1 is 1.42 bits per heavy atom. The normalized spacial score (nSPS) is 9.89. The summed E-state index contributed by atoms with van der Waals surface area (Å²) >= 11 is 0. The molecule has 1 aromatic carbocycles. The molecule has 0 saturated carbocycles. The minimum absolute atomic E-state index is 0.118. The zero-order chi connectivity index (χ0) is 13.5. The molecule has 0 unspecified atom stereocenters. The van der Waals surface area contributed by atoms with Crippen molar-refractivity contribution in [2.45, 2.75) is 0 Å². The Balaban J connectivity index is 1.91. The third kappa shape index (κ3) is 3.67. The molecule has 6 heteroatoms. The molecule has 0 atom stereocenters. The smallest absolute Gasteiger partial charge is 0.336 e. The van der Waals surface area contributed by atoms with Gasteiger partial charge < -0.3 is 10.1 Å². The lowest BCUT2D eigenvalue weighted by Gasteiger charge is -2.02. The fourth-order valence-corrected chi connectivity index (χ4v) is 1.39. The van der Waals surface area contributed by atoms with Crippen LogP contribution in [0.25, 0.3) is 5.69 Å². The fourth-order valence-electron chi connectivity index (χ4n) is 1.39. The summed E-state index contributed by atoms with van der Waals surface area (Å²) in [6.45, 7) is 3.80. The average molecular weight is 258 g/mol. The first kappa shape index (κ1) is 12.8. The molecule has 19 heavy (non-hydrogen) atoms. The number of rotatable bonds is 6. The van der Waals surface area contributed by atoms with Gasteiger partial charge in [0.1, 0.15) is 6.33 Å². The Hall–Kier alpha value is -2.63. The maximum absolute atomic E-state index is 11.3. The first-order valence-corrected chi connectivity index (χ1v) is 5.77. The maximum Gasteiger partial charge on any atom is 0.336 e. The van der Waals surface area contributed by atoms with Crippen LogP contribution in [-0.4, -0.2) is 33.8 Å². The molecule has 2 aromatic rings. The van der Waals surface area contributed by atoms with Crippen molar-refractivity contribution in [1.29, 1.82) is 0 Å². The van der Waals surface area contributed by atoms with Crippen LogP contribution in [0.15, 0.2) is 49.3 Å². The summed E-state index contributed by atoms with van der Waals surface area (Å²) in [7, 11) is 0. The lowest BCUT2D eigenvalue weighted by molar-refractivity contribution is -0.123. The van der Waals surface area contributed by atoms with Crippen molar-refractivity contribution in [2.24, 2.45) is 0 Å². The number of nitrogens with one attached hydrogen (secondary N) is 1. The van der Waals surface area contributed by atoms with Crippen LogP contribution in [0.4, 0.5) is 0 Å². The predicted octanol–water partition coefficient (Wildman–Crippen LogP) is 0.948. The van der Waals surface area contributed by atoms with Crippen molar-refractivity contribution in [3.05, 3.63) is 49.3 Å². The highest BCUT2D eigenvalue weighted by Crippen LogP contribution is 2.07. The first-order valence-electron chi connectivity index (χ1n) is 5.77. The van der Waals surface area contributed by atoms with E-state index in [0.29, 0.717) is 6.54 Å². The van der Waals surface area contributed by atoms with Gasteiger partial charge in [-0.15, -0.1) is 11.7 Å². The van der Waals surface area contributed by atoms with E-state index in [-0.39, 0.29) is 18.5 Å². The van der Waals surface area contributed by atoms with Gasteiger partial charge in [-0.3, -0.25) is 4.79 Å². The topological polar surface area (TPSA) is 69.0 Å². The van der Waals surface area contributed by atoms with Gasteiger partial charge in [0.05, 0.1) is 5.69 Å². The van der Waals surface area contributed by atoms with Gasteiger partial charge in [-0.25, -0.2) is 4.68 Å². The van der Waals surface area contributed by atoms with Crippen LogP contribution in [0, 0.1) is 0 Å². The molecule has 0 radical (unpaired) electrons. The van der Waals surface area contributed by atoms with E-state index in [1.165, 1.54) is 6.33 Å². The minimum Gasteiger partial charge on any atom is -0.452 e. The van der Waals surface area contributed by atoms with E-state index >= 15 is 0 Å². The predicted molar refractivity (Wildman–Crippen MR) is 70.1 cm³/mol. The number of hydrogen-bond donors (Lipinski definition) is 1. The van der Waals surface area contributed by atoms with E-state index in [4.69, 9.17) is 4.74 Å². The second-order valence-electron chi connectivity index (χ2n) is 3.69. The molecule has 1 heterocycles. The number of para-hydroxylation sites is 1. The van der Waals surface area contributed by atoms with Gasteiger partial charge in [0.2, 0.25) is 0 Å². The van der Waals surface area contributed by atoms with E-state index in [1.807, 2.05) is 30.3 Å². The number of ether oxygens (including phenoxy) is 1. The Morgan fingerprint density at radius 2 is 2.21 bits per heavy atom. The van der Waals surface area contributed by atoms with Crippen LogP contribution in [-0.2, 0) is 4.79 Å². The summed E-state index contributed by atoms with van der Waals surface area (Å²) in [5, 5.41) is 6.71. The van der Waals surface area contributed by atoms with Crippen LogP contribution >= 0.6 is 0 Å². The van der Waals surface area contributed by atoms with Crippen molar-refractivity contribution in [3.63, 3.8) is 0 Å². The van der Waals surface area contributed by atoms with Gasteiger partial charge in [-0.1, -0.05) is 24.3 Å². The molecule has 0 saturated heterocycles. The summed E-state index contributed by atoms with van der Waals surface area (Å²) in [4.78, 5) is 15.3. The molecular formula is C13H14N4O2. The van der Waals surface area contributed by atoms with Crippen LogP contribution in [0.5, 0.6) is 6.01 Å². The molecular weight excluding hydrogens is 244 g/mol. The third-order valence-corrected chi connectivity index (χ3v) is 2.27. The van der Waals surface area contributed by atoms with Gasteiger partial charge in [0.15, 0.2) is 6.61 Å². The van der Waals surface area contributed by atoms with Gasteiger partial charge in [-0.2, -0.15) is 4.98 Å². The molecule has 0 spiro atoms. The van der Waals surface area contributed by atoms with E-state index in [2.05, 4.69) is 22.0 Å². The zero-order valence-electron chi connectivity index (χ0n) is 10.3. The number of aromatic nitrogens is 3. The number of carbonyl (C=O) groups is 1. The molecule has 1 N–H and O–H groups in total.